The van der Waals surface area contributed by atoms with Gasteiger partial charge in [-0.05, 0) is 86.7 Å². The normalized spacial score (nSPS) is 23.4. The SMILES string of the molecule is COC(=O)[C@@H](C)N1C(=O)S/C(=C/c2cc3c(cc2C)N(C)C(C)(C)C[C@H]3C)C1=O. The van der Waals surface area contributed by atoms with Gasteiger partial charge >= 0.3 is 5.97 Å². The number of nitrogens with zero attached hydrogens (tertiary/aromatic N) is 2. The third kappa shape index (κ3) is 3.68. The quantitative estimate of drug-likeness (QED) is 0.540. The van der Waals surface area contributed by atoms with Crippen LogP contribution < -0.4 is 4.90 Å². The molecular weight excluding hydrogens is 388 g/mol. The number of imide groups is 1. The zero-order chi connectivity index (χ0) is 21.7. The van der Waals surface area contributed by atoms with Crippen LogP contribution in [0, 0.1) is 6.92 Å². The van der Waals surface area contributed by atoms with Gasteiger partial charge in [-0.25, -0.2) is 4.79 Å². The molecule has 0 bridgehead atoms. The highest BCUT2D eigenvalue weighted by Gasteiger charge is 2.41. The molecule has 6 nitrogen and oxygen atoms in total. The molecule has 1 saturated heterocycles. The molecule has 7 heteroatoms. The van der Waals surface area contributed by atoms with Gasteiger partial charge in [-0.15, -0.1) is 0 Å². The van der Waals surface area contributed by atoms with Crippen molar-refractivity contribution in [3.05, 3.63) is 33.7 Å². The second-order valence-electron chi connectivity index (χ2n) is 8.50. The summed E-state index contributed by atoms with van der Waals surface area (Å²) in [4.78, 5) is 40.5. The van der Waals surface area contributed by atoms with Gasteiger partial charge in [-0.1, -0.05) is 6.92 Å². The molecule has 2 aliphatic heterocycles. The smallest absolute Gasteiger partial charge is 0.328 e. The highest BCUT2D eigenvalue weighted by molar-refractivity contribution is 8.18. The summed E-state index contributed by atoms with van der Waals surface area (Å²) in [6.45, 7) is 10.2. The molecule has 29 heavy (non-hydrogen) atoms. The van der Waals surface area contributed by atoms with E-state index in [0.29, 0.717) is 10.8 Å². The van der Waals surface area contributed by atoms with E-state index in [9.17, 15) is 14.4 Å². The molecule has 1 aromatic carbocycles. The van der Waals surface area contributed by atoms with Crippen molar-refractivity contribution >= 4 is 40.6 Å². The predicted molar refractivity (Wildman–Crippen MR) is 116 cm³/mol. The van der Waals surface area contributed by atoms with Crippen molar-refractivity contribution in [3.63, 3.8) is 0 Å². The van der Waals surface area contributed by atoms with Gasteiger partial charge in [0.2, 0.25) is 0 Å². The van der Waals surface area contributed by atoms with Crippen LogP contribution in [0.4, 0.5) is 10.5 Å². The summed E-state index contributed by atoms with van der Waals surface area (Å²) in [5, 5.41) is -0.454. The number of carbonyl (C=O) groups is 3. The summed E-state index contributed by atoms with van der Waals surface area (Å²) in [5.74, 6) is -0.683. The number of methoxy groups -OCH3 is 1. The number of thioether (sulfide) groups is 1. The van der Waals surface area contributed by atoms with E-state index in [2.05, 4.69) is 49.6 Å². The molecule has 0 N–H and O–H groups in total. The van der Waals surface area contributed by atoms with Gasteiger partial charge in [0.15, 0.2) is 0 Å². The minimum atomic E-state index is -0.945. The van der Waals surface area contributed by atoms with Crippen LogP contribution in [0.5, 0.6) is 0 Å². The first-order chi connectivity index (χ1) is 13.5. The van der Waals surface area contributed by atoms with E-state index in [1.54, 1.807) is 6.08 Å². The molecule has 2 heterocycles. The summed E-state index contributed by atoms with van der Waals surface area (Å²) in [6, 6.07) is 3.33. The zero-order valence-corrected chi connectivity index (χ0v) is 18.8. The largest absolute Gasteiger partial charge is 0.467 e. The molecule has 0 unspecified atom stereocenters. The van der Waals surface area contributed by atoms with E-state index >= 15 is 0 Å². The van der Waals surface area contributed by atoms with Crippen LogP contribution in [0.15, 0.2) is 17.0 Å². The lowest BCUT2D eigenvalue weighted by Crippen LogP contribution is -2.45. The second-order valence-corrected chi connectivity index (χ2v) is 9.49. The van der Waals surface area contributed by atoms with E-state index in [0.717, 1.165) is 34.2 Å². The molecule has 2 aliphatic rings. The summed E-state index contributed by atoms with van der Waals surface area (Å²) in [5.41, 5.74) is 4.47. The molecule has 0 aromatic heterocycles. The van der Waals surface area contributed by atoms with Crippen molar-refractivity contribution in [2.75, 3.05) is 19.1 Å². The standard InChI is InChI=1S/C22H28N2O4S/c1-12-8-17-16(13(2)11-22(4,5)23(17)6)9-15(12)10-18-19(25)24(21(27)29-18)14(3)20(26)28-7/h8-10,13-14H,11H2,1-7H3/b18-10+/t13-,14-/m1/s1. The Morgan fingerprint density at radius 1 is 1.34 bits per heavy atom. The maximum atomic E-state index is 12.8. The van der Waals surface area contributed by atoms with E-state index in [1.807, 2.05) is 6.92 Å². The molecule has 0 aliphatic carbocycles. The summed E-state index contributed by atoms with van der Waals surface area (Å²) >= 11 is 0.860. The molecule has 2 amide bonds. The van der Waals surface area contributed by atoms with Crippen LogP contribution in [-0.2, 0) is 14.3 Å². The van der Waals surface area contributed by atoms with Crippen molar-refractivity contribution in [2.24, 2.45) is 0 Å². The zero-order valence-electron chi connectivity index (χ0n) is 18.0. The summed E-state index contributed by atoms with van der Waals surface area (Å²) < 4.78 is 4.68. The highest BCUT2D eigenvalue weighted by Crippen LogP contribution is 2.44. The van der Waals surface area contributed by atoms with Gasteiger partial charge in [-0.2, -0.15) is 0 Å². The van der Waals surface area contributed by atoms with Crippen LogP contribution >= 0.6 is 11.8 Å². The van der Waals surface area contributed by atoms with Gasteiger partial charge in [-0.3, -0.25) is 14.5 Å². The first-order valence-corrected chi connectivity index (χ1v) is 10.5. The predicted octanol–water partition coefficient (Wildman–Crippen LogP) is 4.31. The van der Waals surface area contributed by atoms with Crippen molar-refractivity contribution in [2.45, 2.75) is 58.5 Å². The minimum absolute atomic E-state index is 0.0764. The average Bonchev–Trinajstić information content (AvgIpc) is 2.92. The Morgan fingerprint density at radius 2 is 2.00 bits per heavy atom. The van der Waals surface area contributed by atoms with Crippen LogP contribution in [0.25, 0.3) is 6.08 Å². The van der Waals surface area contributed by atoms with Gasteiger partial charge in [0, 0.05) is 18.3 Å². The molecular formula is C22H28N2O4S. The number of hydrogen-bond acceptors (Lipinski definition) is 6. The van der Waals surface area contributed by atoms with E-state index in [4.69, 9.17) is 0 Å². The van der Waals surface area contributed by atoms with Gasteiger partial charge in [0.25, 0.3) is 11.1 Å². The third-order valence-corrected chi connectivity index (χ3v) is 6.94. The number of fused-ring (bicyclic) bond motifs is 1. The van der Waals surface area contributed by atoms with Crippen molar-refractivity contribution in [1.29, 1.82) is 0 Å². The van der Waals surface area contributed by atoms with Crippen molar-refractivity contribution in [1.82, 2.24) is 4.90 Å². The number of amides is 2. The lowest BCUT2D eigenvalue weighted by atomic mass is 9.79. The molecule has 3 rings (SSSR count). The fraction of sp³-hybridized carbons (Fsp3) is 0.500. The second kappa shape index (κ2) is 7.52. The Labute approximate surface area is 176 Å². The third-order valence-electron chi connectivity index (χ3n) is 6.06. The molecule has 2 atom stereocenters. The van der Waals surface area contributed by atoms with Crippen molar-refractivity contribution < 1.29 is 19.1 Å². The number of anilines is 1. The fourth-order valence-electron chi connectivity index (χ4n) is 4.12. The first kappa shape index (κ1) is 21.4. The Bertz CT molecular complexity index is 922. The van der Waals surface area contributed by atoms with Crippen LogP contribution in [-0.4, -0.2) is 47.8 Å². The number of esters is 1. The Hall–Kier alpha value is -2.28. The molecule has 0 spiro atoms. The van der Waals surface area contributed by atoms with E-state index in [1.165, 1.54) is 25.3 Å². The first-order valence-electron chi connectivity index (χ1n) is 9.71. The highest BCUT2D eigenvalue weighted by atomic mass is 32.2. The van der Waals surface area contributed by atoms with Gasteiger partial charge in [0.05, 0.1) is 12.0 Å². The summed E-state index contributed by atoms with van der Waals surface area (Å²) in [7, 11) is 3.35. The average molecular weight is 417 g/mol. The lowest BCUT2D eigenvalue weighted by Gasteiger charge is -2.45. The Balaban J connectivity index is 1.98. The lowest BCUT2D eigenvalue weighted by molar-refractivity contribution is -0.148. The fourth-order valence-corrected chi connectivity index (χ4v) is 5.02. The molecule has 156 valence electrons. The monoisotopic (exact) mass is 416 g/mol. The van der Waals surface area contributed by atoms with Crippen LogP contribution in [0.3, 0.4) is 0 Å². The number of carbonyl (C=O) groups excluding carboxylic acids is 3. The maximum Gasteiger partial charge on any atom is 0.328 e. The van der Waals surface area contributed by atoms with Crippen LogP contribution in [0.1, 0.15) is 56.7 Å². The Kier molecular flexibility index (Phi) is 5.56. The summed E-state index contributed by atoms with van der Waals surface area (Å²) in [6.07, 6.45) is 2.79. The van der Waals surface area contributed by atoms with E-state index in [-0.39, 0.29) is 5.54 Å². The molecule has 0 saturated carbocycles. The van der Waals surface area contributed by atoms with Gasteiger partial charge < -0.3 is 9.64 Å². The molecule has 1 aromatic rings. The number of benzene rings is 1. The maximum absolute atomic E-state index is 12.8. The minimum Gasteiger partial charge on any atom is -0.467 e. The topological polar surface area (TPSA) is 66.9 Å². The number of hydrogen-bond donors (Lipinski definition) is 0. The molecule has 0 radical (unpaired) electrons. The van der Waals surface area contributed by atoms with Crippen molar-refractivity contribution in [3.8, 4) is 0 Å². The number of ether oxygens (including phenoxy) is 1. The number of rotatable bonds is 3. The van der Waals surface area contributed by atoms with Crippen LogP contribution in [0.2, 0.25) is 0 Å². The number of aryl methyl sites for hydroxylation is 1. The van der Waals surface area contributed by atoms with Gasteiger partial charge in [0.1, 0.15) is 6.04 Å². The molecule has 1 fully saturated rings. The van der Waals surface area contributed by atoms with E-state index < -0.39 is 23.2 Å². The Morgan fingerprint density at radius 3 is 2.62 bits per heavy atom.